The summed E-state index contributed by atoms with van der Waals surface area (Å²) in [5.41, 5.74) is 0.701. The van der Waals surface area contributed by atoms with Crippen LogP contribution < -0.4 is 10.1 Å². The van der Waals surface area contributed by atoms with Crippen LogP contribution in [0, 0.1) is 0 Å². The third-order valence-electron chi connectivity index (χ3n) is 1.82. The number of carbonyl (C=O) groups is 1. The van der Waals surface area contributed by atoms with E-state index in [1.807, 2.05) is 0 Å². The first kappa shape index (κ1) is 11.8. The summed E-state index contributed by atoms with van der Waals surface area (Å²) in [5, 5.41) is 11.7. The van der Waals surface area contributed by atoms with Crippen LogP contribution >= 0.6 is 11.6 Å². The second-order valence-electron chi connectivity index (χ2n) is 2.88. The minimum absolute atomic E-state index is 0.0740. The Balaban J connectivity index is 2.66. The van der Waals surface area contributed by atoms with E-state index in [2.05, 4.69) is 5.32 Å². The minimum Gasteiger partial charge on any atom is -0.482 e. The molecule has 1 rings (SSSR count). The highest BCUT2D eigenvalue weighted by Gasteiger charge is 2.04. The van der Waals surface area contributed by atoms with Crippen LogP contribution in [-0.2, 0) is 11.4 Å². The molecular formula is C10H12ClNO3. The van der Waals surface area contributed by atoms with Crippen molar-refractivity contribution in [2.75, 3.05) is 13.7 Å². The van der Waals surface area contributed by atoms with E-state index >= 15 is 0 Å². The summed E-state index contributed by atoms with van der Waals surface area (Å²) in [4.78, 5) is 10.9. The van der Waals surface area contributed by atoms with Gasteiger partial charge in [0, 0.05) is 7.05 Å². The van der Waals surface area contributed by atoms with E-state index in [1.54, 1.807) is 18.2 Å². The van der Waals surface area contributed by atoms with Crippen molar-refractivity contribution in [1.82, 2.24) is 5.32 Å². The van der Waals surface area contributed by atoms with Crippen LogP contribution in [0.15, 0.2) is 18.2 Å². The molecule has 0 spiro atoms. The summed E-state index contributed by atoms with van der Waals surface area (Å²) in [6.07, 6.45) is 0. The van der Waals surface area contributed by atoms with Crippen LogP contribution in [0.2, 0.25) is 5.02 Å². The standard InChI is InChI=1S/C10H12ClNO3/c1-12-10(14)6-15-9-3-2-7(5-13)4-8(9)11/h2-4,13H,5-6H2,1H3,(H,12,14). The summed E-state index contributed by atoms with van der Waals surface area (Å²) in [6, 6.07) is 4.91. The molecule has 0 atom stereocenters. The number of hydrogen-bond acceptors (Lipinski definition) is 3. The van der Waals surface area contributed by atoms with E-state index in [-0.39, 0.29) is 19.1 Å². The van der Waals surface area contributed by atoms with Crippen molar-refractivity contribution >= 4 is 17.5 Å². The van der Waals surface area contributed by atoms with Crippen molar-refractivity contribution in [2.45, 2.75) is 6.61 Å². The molecule has 2 N–H and O–H groups in total. The Morgan fingerprint density at radius 2 is 2.33 bits per heavy atom. The van der Waals surface area contributed by atoms with Gasteiger partial charge in [0.2, 0.25) is 0 Å². The number of aliphatic hydroxyl groups excluding tert-OH is 1. The lowest BCUT2D eigenvalue weighted by atomic mass is 10.2. The molecule has 5 heteroatoms. The number of amides is 1. The van der Waals surface area contributed by atoms with Crippen LogP contribution in [-0.4, -0.2) is 24.7 Å². The highest BCUT2D eigenvalue weighted by atomic mass is 35.5. The molecule has 0 saturated heterocycles. The lowest BCUT2D eigenvalue weighted by Crippen LogP contribution is -2.24. The van der Waals surface area contributed by atoms with E-state index < -0.39 is 0 Å². The summed E-state index contributed by atoms with van der Waals surface area (Å²) in [6.45, 7) is -0.149. The maximum atomic E-state index is 10.9. The van der Waals surface area contributed by atoms with Crippen molar-refractivity contribution in [3.63, 3.8) is 0 Å². The quantitative estimate of drug-likeness (QED) is 0.809. The summed E-state index contributed by atoms with van der Waals surface area (Å²) >= 11 is 5.87. The van der Waals surface area contributed by atoms with Gasteiger partial charge in [-0.2, -0.15) is 0 Å². The van der Waals surface area contributed by atoms with Crippen LogP contribution in [0.1, 0.15) is 5.56 Å². The minimum atomic E-state index is -0.225. The van der Waals surface area contributed by atoms with Gasteiger partial charge in [0.25, 0.3) is 5.91 Å². The maximum absolute atomic E-state index is 10.9. The molecule has 0 fully saturated rings. The molecule has 0 aliphatic rings. The molecule has 4 nitrogen and oxygen atoms in total. The fraction of sp³-hybridized carbons (Fsp3) is 0.300. The zero-order chi connectivity index (χ0) is 11.3. The van der Waals surface area contributed by atoms with Gasteiger partial charge < -0.3 is 15.2 Å². The molecule has 0 saturated carbocycles. The fourth-order valence-electron chi connectivity index (χ4n) is 0.975. The first-order chi connectivity index (χ1) is 7.17. The Morgan fingerprint density at radius 3 is 2.87 bits per heavy atom. The third kappa shape index (κ3) is 3.42. The molecule has 0 bridgehead atoms. The predicted octanol–water partition coefficient (Wildman–Crippen LogP) is 0.957. The SMILES string of the molecule is CNC(=O)COc1ccc(CO)cc1Cl. The molecule has 1 aromatic rings. The number of hydrogen-bond donors (Lipinski definition) is 2. The number of ether oxygens (including phenoxy) is 1. The van der Waals surface area contributed by atoms with Crippen molar-refractivity contribution in [3.05, 3.63) is 28.8 Å². The van der Waals surface area contributed by atoms with Gasteiger partial charge >= 0.3 is 0 Å². The number of rotatable bonds is 4. The molecule has 0 aromatic heterocycles. The molecule has 0 aliphatic heterocycles. The Kier molecular flexibility index (Phi) is 4.39. The predicted molar refractivity (Wildman–Crippen MR) is 56.9 cm³/mol. The second-order valence-corrected chi connectivity index (χ2v) is 3.29. The zero-order valence-electron chi connectivity index (χ0n) is 8.29. The number of halogens is 1. The lowest BCUT2D eigenvalue weighted by Gasteiger charge is -2.07. The average Bonchev–Trinajstić information content (AvgIpc) is 2.26. The van der Waals surface area contributed by atoms with Gasteiger partial charge in [-0.1, -0.05) is 17.7 Å². The van der Waals surface area contributed by atoms with E-state index in [9.17, 15) is 4.79 Å². The highest BCUT2D eigenvalue weighted by Crippen LogP contribution is 2.25. The van der Waals surface area contributed by atoms with E-state index in [4.69, 9.17) is 21.4 Å². The molecule has 0 heterocycles. The monoisotopic (exact) mass is 229 g/mol. The van der Waals surface area contributed by atoms with E-state index in [0.29, 0.717) is 16.3 Å². The smallest absolute Gasteiger partial charge is 0.257 e. The number of likely N-dealkylation sites (N-methyl/N-ethyl adjacent to an activating group) is 1. The van der Waals surface area contributed by atoms with Gasteiger partial charge in [-0.25, -0.2) is 0 Å². The largest absolute Gasteiger partial charge is 0.482 e. The van der Waals surface area contributed by atoms with Crippen LogP contribution in [0.5, 0.6) is 5.75 Å². The van der Waals surface area contributed by atoms with Gasteiger partial charge in [0.15, 0.2) is 6.61 Å². The summed E-state index contributed by atoms with van der Waals surface area (Å²) in [7, 11) is 1.53. The van der Waals surface area contributed by atoms with Crippen molar-refractivity contribution in [1.29, 1.82) is 0 Å². The molecule has 15 heavy (non-hydrogen) atoms. The van der Waals surface area contributed by atoms with Crippen molar-refractivity contribution in [3.8, 4) is 5.75 Å². The first-order valence-corrected chi connectivity index (χ1v) is 4.78. The lowest BCUT2D eigenvalue weighted by molar-refractivity contribution is -0.122. The van der Waals surface area contributed by atoms with Gasteiger partial charge in [-0.15, -0.1) is 0 Å². The van der Waals surface area contributed by atoms with Crippen LogP contribution in [0.25, 0.3) is 0 Å². The van der Waals surface area contributed by atoms with Gasteiger partial charge in [-0.3, -0.25) is 4.79 Å². The normalized spacial score (nSPS) is 9.80. The second kappa shape index (κ2) is 5.58. The molecule has 0 aliphatic carbocycles. The summed E-state index contributed by atoms with van der Waals surface area (Å²) in [5.74, 6) is 0.203. The van der Waals surface area contributed by atoms with Crippen molar-refractivity contribution < 1.29 is 14.6 Å². The van der Waals surface area contributed by atoms with Crippen LogP contribution in [0.3, 0.4) is 0 Å². The van der Waals surface area contributed by atoms with Gasteiger partial charge in [0.1, 0.15) is 5.75 Å². The van der Waals surface area contributed by atoms with Crippen LogP contribution in [0.4, 0.5) is 0 Å². The third-order valence-corrected chi connectivity index (χ3v) is 2.11. The van der Waals surface area contributed by atoms with E-state index in [0.717, 1.165) is 0 Å². The Hall–Kier alpha value is -1.26. The van der Waals surface area contributed by atoms with E-state index in [1.165, 1.54) is 7.05 Å². The number of aliphatic hydroxyl groups is 1. The fourth-order valence-corrected chi connectivity index (χ4v) is 1.23. The molecular weight excluding hydrogens is 218 g/mol. The Labute approximate surface area is 92.8 Å². The van der Waals surface area contributed by atoms with Gasteiger partial charge in [0.05, 0.1) is 11.6 Å². The molecule has 0 radical (unpaired) electrons. The van der Waals surface area contributed by atoms with Gasteiger partial charge in [-0.05, 0) is 17.7 Å². The summed E-state index contributed by atoms with van der Waals surface area (Å²) < 4.78 is 5.16. The Morgan fingerprint density at radius 1 is 1.60 bits per heavy atom. The molecule has 1 amide bonds. The molecule has 0 unspecified atom stereocenters. The first-order valence-electron chi connectivity index (χ1n) is 4.40. The molecule has 82 valence electrons. The number of carbonyl (C=O) groups excluding carboxylic acids is 1. The van der Waals surface area contributed by atoms with Crippen molar-refractivity contribution in [2.24, 2.45) is 0 Å². The Bertz CT molecular complexity index is 355. The average molecular weight is 230 g/mol. The number of benzene rings is 1. The topological polar surface area (TPSA) is 58.6 Å². The zero-order valence-corrected chi connectivity index (χ0v) is 9.04. The molecule has 1 aromatic carbocycles. The maximum Gasteiger partial charge on any atom is 0.257 e. The highest BCUT2D eigenvalue weighted by molar-refractivity contribution is 6.32. The number of nitrogens with one attached hydrogen (secondary N) is 1.